The Hall–Kier alpha value is -2.03. The first-order valence-corrected chi connectivity index (χ1v) is 7.36. The first kappa shape index (κ1) is 13.9. The predicted molar refractivity (Wildman–Crippen MR) is 82.8 cm³/mol. The number of phenols is 1. The highest BCUT2D eigenvalue weighted by Crippen LogP contribution is 2.43. The van der Waals surface area contributed by atoms with Gasteiger partial charge in [-0.1, -0.05) is 32.1 Å². The van der Waals surface area contributed by atoms with Gasteiger partial charge in [0.25, 0.3) is 0 Å². The molecule has 2 N–H and O–H groups in total. The monoisotopic (exact) mass is 283 g/mol. The predicted octanol–water partition coefficient (Wildman–Crippen LogP) is 3.63. The minimum Gasteiger partial charge on any atom is -0.508 e. The number of aromatic hydroxyl groups is 1. The number of benzene rings is 1. The lowest BCUT2D eigenvalue weighted by Gasteiger charge is -2.37. The Morgan fingerprint density at radius 2 is 2.05 bits per heavy atom. The van der Waals surface area contributed by atoms with Gasteiger partial charge in [-0.3, -0.25) is 4.79 Å². The number of carbonyl (C=O) groups is 1. The Labute approximate surface area is 125 Å². The Morgan fingerprint density at radius 3 is 2.76 bits per heavy atom. The van der Waals surface area contributed by atoms with E-state index in [1.807, 2.05) is 19.1 Å². The number of carbonyl (C=O) groups excluding carboxylic acids is 1. The molecule has 3 nitrogen and oxygen atoms in total. The van der Waals surface area contributed by atoms with Crippen LogP contribution in [-0.2, 0) is 4.79 Å². The van der Waals surface area contributed by atoms with Crippen LogP contribution in [0.2, 0.25) is 0 Å². The van der Waals surface area contributed by atoms with Crippen LogP contribution < -0.4 is 5.32 Å². The van der Waals surface area contributed by atoms with E-state index in [-0.39, 0.29) is 22.9 Å². The quantitative estimate of drug-likeness (QED) is 0.827. The van der Waals surface area contributed by atoms with Crippen LogP contribution in [0.15, 0.2) is 47.3 Å². The van der Waals surface area contributed by atoms with Crippen molar-refractivity contribution < 1.29 is 9.90 Å². The highest BCUT2D eigenvalue weighted by Gasteiger charge is 2.37. The van der Waals surface area contributed by atoms with Crippen LogP contribution in [0.3, 0.4) is 0 Å². The molecule has 1 atom stereocenters. The van der Waals surface area contributed by atoms with Crippen molar-refractivity contribution in [3.63, 3.8) is 0 Å². The van der Waals surface area contributed by atoms with Gasteiger partial charge in [-0.2, -0.15) is 0 Å². The summed E-state index contributed by atoms with van der Waals surface area (Å²) < 4.78 is 0. The summed E-state index contributed by atoms with van der Waals surface area (Å²) in [5.74, 6) is 0.394. The molecule has 1 heterocycles. The van der Waals surface area contributed by atoms with E-state index in [1.54, 1.807) is 12.1 Å². The van der Waals surface area contributed by atoms with E-state index in [9.17, 15) is 9.90 Å². The first-order valence-electron chi connectivity index (χ1n) is 7.36. The largest absolute Gasteiger partial charge is 0.508 e. The molecule has 0 radical (unpaired) electrons. The Morgan fingerprint density at radius 1 is 1.29 bits per heavy atom. The standard InChI is InChI=1S/C18H21NO2/c1-11-7-14(12-5-4-6-13(20)8-12)17-15(19-11)9-18(2,3)10-16(17)21/h4-8,14,19-20H,9-10H2,1-3H3. The molecular weight excluding hydrogens is 262 g/mol. The Kier molecular flexibility index (Phi) is 3.16. The fraction of sp³-hybridized carbons (Fsp3) is 0.389. The van der Waals surface area contributed by atoms with E-state index < -0.39 is 0 Å². The summed E-state index contributed by atoms with van der Waals surface area (Å²) in [4.78, 5) is 12.6. The van der Waals surface area contributed by atoms with Gasteiger partial charge in [0.05, 0.1) is 0 Å². The van der Waals surface area contributed by atoms with Gasteiger partial charge in [-0.25, -0.2) is 0 Å². The molecule has 1 aliphatic carbocycles. The molecule has 2 aliphatic rings. The molecule has 1 aromatic carbocycles. The molecule has 21 heavy (non-hydrogen) atoms. The van der Waals surface area contributed by atoms with Gasteiger partial charge < -0.3 is 10.4 Å². The lowest BCUT2D eigenvalue weighted by molar-refractivity contribution is -0.118. The van der Waals surface area contributed by atoms with Gasteiger partial charge in [0.1, 0.15) is 5.75 Å². The summed E-state index contributed by atoms with van der Waals surface area (Å²) in [5, 5.41) is 13.1. The summed E-state index contributed by atoms with van der Waals surface area (Å²) in [6.07, 6.45) is 3.54. The molecule has 110 valence electrons. The average molecular weight is 283 g/mol. The third kappa shape index (κ3) is 2.60. The van der Waals surface area contributed by atoms with Gasteiger partial charge in [-0.15, -0.1) is 0 Å². The SMILES string of the molecule is CC1=CC(c2cccc(O)c2)C2=C(CC(C)(C)CC2=O)N1. The number of ketones is 1. The molecule has 0 saturated carbocycles. The molecule has 0 fully saturated rings. The topological polar surface area (TPSA) is 49.3 Å². The fourth-order valence-electron chi connectivity index (χ4n) is 3.40. The van der Waals surface area contributed by atoms with Crippen molar-refractivity contribution in [2.24, 2.45) is 5.41 Å². The number of nitrogens with one attached hydrogen (secondary N) is 1. The zero-order valence-electron chi connectivity index (χ0n) is 12.7. The first-order chi connectivity index (χ1) is 9.85. The van der Waals surface area contributed by atoms with E-state index in [0.717, 1.165) is 29.0 Å². The number of phenolic OH excluding ortho intramolecular Hbond substituents is 1. The minimum absolute atomic E-state index is 0.00388. The van der Waals surface area contributed by atoms with Crippen molar-refractivity contribution in [2.75, 3.05) is 0 Å². The summed E-state index contributed by atoms with van der Waals surface area (Å²) in [5.41, 5.74) is 3.95. The maximum Gasteiger partial charge on any atom is 0.162 e. The van der Waals surface area contributed by atoms with E-state index in [0.29, 0.717) is 6.42 Å². The van der Waals surface area contributed by atoms with Crippen LogP contribution in [0.5, 0.6) is 5.75 Å². The van der Waals surface area contributed by atoms with Gasteiger partial charge in [-0.05, 0) is 36.5 Å². The smallest absolute Gasteiger partial charge is 0.162 e. The Bertz CT molecular complexity index is 668. The Balaban J connectivity index is 2.09. The van der Waals surface area contributed by atoms with Crippen molar-refractivity contribution >= 4 is 5.78 Å². The lowest BCUT2D eigenvalue weighted by atomic mass is 9.70. The maximum absolute atomic E-state index is 12.6. The van der Waals surface area contributed by atoms with E-state index in [2.05, 4.69) is 25.2 Å². The van der Waals surface area contributed by atoms with Crippen molar-refractivity contribution in [1.82, 2.24) is 5.32 Å². The molecule has 0 spiro atoms. The average Bonchev–Trinajstić information content (AvgIpc) is 2.35. The molecule has 0 saturated heterocycles. The van der Waals surface area contributed by atoms with Gasteiger partial charge in [0.15, 0.2) is 5.78 Å². The third-order valence-corrected chi connectivity index (χ3v) is 4.23. The maximum atomic E-state index is 12.6. The molecular formula is C18H21NO2. The minimum atomic E-state index is -0.0584. The van der Waals surface area contributed by atoms with Crippen molar-refractivity contribution in [2.45, 2.75) is 39.5 Å². The van der Waals surface area contributed by atoms with E-state index in [1.165, 1.54) is 0 Å². The number of rotatable bonds is 1. The van der Waals surface area contributed by atoms with Gasteiger partial charge in [0.2, 0.25) is 0 Å². The van der Waals surface area contributed by atoms with Crippen LogP contribution in [-0.4, -0.2) is 10.9 Å². The van der Waals surface area contributed by atoms with Crippen molar-refractivity contribution in [3.05, 3.63) is 52.9 Å². The second-order valence-electron chi connectivity index (χ2n) is 6.88. The number of Topliss-reactive ketones (excluding diaryl/α,β-unsaturated/α-hetero) is 1. The second-order valence-corrected chi connectivity index (χ2v) is 6.88. The number of hydrogen-bond acceptors (Lipinski definition) is 3. The fourth-order valence-corrected chi connectivity index (χ4v) is 3.40. The summed E-state index contributed by atoms with van der Waals surface area (Å²) in [6, 6.07) is 7.20. The van der Waals surface area contributed by atoms with E-state index >= 15 is 0 Å². The van der Waals surface area contributed by atoms with Crippen LogP contribution in [0.1, 0.15) is 45.1 Å². The van der Waals surface area contributed by atoms with Crippen LogP contribution >= 0.6 is 0 Å². The molecule has 3 rings (SSSR count). The number of allylic oxidation sites excluding steroid dienone is 4. The van der Waals surface area contributed by atoms with Crippen molar-refractivity contribution in [1.29, 1.82) is 0 Å². The lowest BCUT2D eigenvalue weighted by Crippen LogP contribution is -2.35. The zero-order chi connectivity index (χ0) is 15.2. The molecule has 0 aromatic heterocycles. The van der Waals surface area contributed by atoms with Gasteiger partial charge in [0, 0.05) is 29.3 Å². The third-order valence-electron chi connectivity index (χ3n) is 4.23. The van der Waals surface area contributed by atoms with Gasteiger partial charge >= 0.3 is 0 Å². The molecule has 0 amide bonds. The van der Waals surface area contributed by atoms with E-state index in [4.69, 9.17) is 0 Å². The van der Waals surface area contributed by atoms with Crippen molar-refractivity contribution in [3.8, 4) is 5.75 Å². The number of dihydropyridines is 1. The molecule has 1 aliphatic heterocycles. The molecule has 1 aromatic rings. The normalized spacial score (nSPS) is 24.2. The molecule has 3 heteroatoms. The highest BCUT2D eigenvalue weighted by molar-refractivity contribution is 5.99. The second kappa shape index (κ2) is 4.76. The van der Waals surface area contributed by atoms with Crippen LogP contribution in [0.25, 0.3) is 0 Å². The summed E-state index contributed by atoms with van der Waals surface area (Å²) in [6.45, 7) is 6.28. The summed E-state index contributed by atoms with van der Waals surface area (Å²) in [7, 11) is 0. The van der Waals surface area contributed by atoms with Crippen LogP contribution in [0, 0.1) is 5.41 Å². The zero-order valence-corrected chi connectivity index (χ0v) is 12.7. The number of hydrogen-bond donors (Lipinski definition) is 2. The van der Waals surface area contributed by atoms with Crippen LogP contribution in [0.4, 0.5) is 0 Å². The summed E-state index contributed by atoms with van der Waals surface area (Å²) >= 11 is 0. The highest BCUT2D eigenvalue weighted by atomic mass is 16.3. The molecule has 1 unspecified atom stereocenters. The molecule has 0 bridgehead atoms.